The number of alkyl halides is 3. The van der Waals surface area contributed by atoms with E-state index in [1.165, 1.54) is 12.3 Å². The minimum atomic E-state index is -4.65. The lowest BCUT2D eigenvalue weighted by Gasteiger charge is -2.22. The van der Waals surface area contributed by atoms with Crippen molar-refractivity contribution in [2.45, 2.75) is 20.0 Å². The van der Waals surface area contributed by atoms with Crippen LogP contribution in [0.2, 0.25) is 0 Å². The number of rotatable bonds is 7. The van der Waals surface area contributed by atoms with Gasteiger partial charge in [0.1, 0.15) is 6.54 Å². The fraction of sp³-hybridized carbons (Fsp3) is 0.217. The predicted molar refractivity (Wildman–Crippen MR) is 125 cm³/mol. The molecule has 0 spiro atoms. The predicted octanol–water partition coefficient (Wildman–Crippen LogP) is 4.03. The number of anilines is 1. The van der Waals surface area contributed by atoms with Crippen molar-refractivity contribution in [2.75, 3.05) is 17.1 Å². The first-order valence-corrected chi connectivity index (χ1v) is 11.9. The van der Waals surface area contributed by atoms with Crippen LogP contribution in [0, 0.1) is 13.8 Å². The number of hydrogen-bond acceptors (Lipinski definition) is 4. The molecule has 1 aromatic heterocycles. The zero-order valence-electron chi connectivity index (χ0n) is 18.7. The zero-order chi connectivity index (χ0) is 25.1. The van der Waals surface area contributed by atoms with Gasteiger partial charge in [-0.15, -0.1) is 0 Å². The van der Waals surface area contributed by atoms with Gasteiger partial charge in [0.2, 0.25) is 10.0 Å². The van der Waals surface area contributed by atoms with Gasteiger partial charge < -0.3 is 4.57 Å². The summed E-state index contributed by atoms with van der Waals surface area (Å²) in [7, 11) is -4.04. The number of carbonyl (C=O) groups excluding carboxylic acids is 1. The van der Waals surface area contributed by atoms with Crippen molar-refractivity contribution in [3.05, 3.63) is 83.2 Å². The molecule has 0 aliphatic carbocycles. The number of halogens is 3. The fourth-order valence-corrected chi connectivity index (χ4v) is 4.32. The quantitative estimate of drug-likeness (QED) is 0.399. The van der Waals surface area contributed by atoms with Crippen LogP contribution < -0.4 is 9.73 Å². The van der Waals surface area contributed by atoms with E-state index in [0.717, 1.165) is 41.0 Å². The van der Waals surface area contributed by atoms with E-state index in [2.05, 4.69) is 10.5 Å². The van der Waals surface area contributed by atoms with Crippen LogP contribution in [-0.4, -0.2) is 37.9 Å². The number of carbonyl (C=O) groups is 1. The Kier molecular flexibility index (Phi) is 7.15. The van der Waals surface area contributed by atoms with E-state index in [1.54, 1.807) is 0 Å². The highest BCUT2D eigenvalue weighted by Gasteiger charge is 2.32. The second-order valence-electron chi connectivity index (χ2n) is 7.61. The van der Waals surface area contributed by atoms with E-state index in [9.17, 15) is 26.4 Å². The zero-order valence-corrected chi connectivity index (χ0v) is 19.5. The number of hydrazone groups is 1. The molecule has 1 heterocycles. The van der Waals surface area contributed by atoms with Crippen LogP contribution in [0.3, 0.4) is 0 Å². The first-order chi connectivity index (χ1) is 15.9. The Morgan fingerprint density at radius 1 is 1.09 bits per heavy atom. The van der Waals surface area contributed by atoms with Gasteiger partial charge in [-0.3, -0.25) is 9.10 Å². The summed E-state index contributed by atoms with van der Waals surface area (Å²) in [5.41, 5.74) is 4.47. The van der Waals surface area contributed by atoms with Crippen molar-refractivity contribution in [1.82, 2.24) is 9.99 Å². The van der Waals surface area contributed by atoms with E-state index >= 15 is 0 Å². The van der Waals surface area contributed by atoms with E-state index in [1.807, 2.05) is 54.8 Å². The minimum absolute atomic E-state index is 0.275. The third-order valence-electron chi connectivity index (χ3n) is 5.03. The molecule has 0 saturated heterocycles. The number of nitrogens with one attached hydrogen (secondary N) is 1. The Balaban J connectivity index is 1.76. The summed E-state index contributed by atoms with van der Waals surface area (Å²) in [6, 6.07) is 15.3. The Morgan fingerprint density at radius 3 is 2.38 bits per heavy atom. The number of nitrogens with zero attached hydrogens (tertiary/aromatic N) is 3. The molecule has 34 heavy (non-hydrogen) atoms. The maximum absolute atomic E-state index is 13.0. The molecule has 180 valence electrons. The SMILES string of the molecule is Cc1cc(/C=N\NC(=O)CN(c2cccc(C(F)(F)F)c2)S(C)(=O)=O)c(C)n1-c1ccccc1. The summed E-state index contributed by atoms with van der Waals surface area (Å²) < 4.78 is 66.0. The molecule has 1 amide bonds. The van der Waals surface area contributed by atoms with Crippen LogP contribution in [0.25, 0.3) is 5.69 Å². The van der Waals surface area contributed by atoms with Crippen LogP contribution in [-0.2, 0) is 21.0 Å². The van der Waals surface area contributed by atoms with Crippen LogP contribution in [0.4, 0.5) is 18.9 Å². The number of para-hydroxylation sites is 1. The molecule has 0 unspecified atom stereocenters. The average molecular weight is 493 g/mol. The van der Waals surface area contributed by atoms with Crippen molar-refractivity contribution in [2.24, 2.45) is 5.10 Å². The van der Waals surface area contributed by atoms with Crippen molar-refractivity contribution >= 4 is 27.8 Å². The maximum atomic E-state index is 13.0. The fourth-order valence-electron chi connectivity index (χ4n) is 3.47. The van der Waals surface area contributed by atoms with Crippen molar-refractivity contribution < 1.29 is 26.4 Å². The largest absolute Gasteiger partial charge is 0.416 e. The molecule has 3 rings (SSSR count). The summed E-state index contributed by atoms with van der Waals surface area (Å²) in [4.78, 5) is 12.4. The topological polar surface area (TPSA) is 83.8 Å². The molecule has 0 saturated carbocycles. The van der Waals surface area contributed by atoms with Crippen molar-refractivity contribution in [1.29, 1.82) is 0 Å². The van der Waals surface area contributed by atoms with Gasteiger partial charge in [-0.2, -0.15) is 18.3 Å². The number of hydrogen-bond donors (Lipinski definition) is 1. The molecule has 7 nitrogen and oxygen atoms in total. The third-order valence-corrected chi connectivity index (χ3v) is 6.17. The lowest BCUT2D eigenvalue weighted by Crippen LogP contribution is -2.39. The molecular weight excluding hydrogens is 469 g/mol. The van der Waals surface area contributed by atoms with Crippen LogP contribution >= 0.6 is 0 Å². The Bertz CT molecular complexity index is 1320. The number of benzene rings is 2. The van der Waals surface area contributed by atoms with E-state index < -0.39 is 34.2 Å². The Labute approximate surface area is 195 Å². The van der Waals surface area contributed by atoms with Crippen LogP contribution in [0.5, 0.6) is 0 Å². The highest BCUT2D eigenvalue weighted by Crippen LogP contribution is 2.32. The Morgan fingerprint density at radius 2 is 1.76 bits per heavy atom. The molecule has 1 N–H and O–H groups in total. The smallest absolute Gasteiger partial charge is 0.318 e. The summed E-state index contributed by atoms with van der Waals surface area (Å²) in [5, 5.41) is 3.90. The molecule has 0 radical (unpaired) electrons. The number of aryl methyl sites for hydroxylation is 1. The lowest BCUT2D eigenvalue weighted by atomic mass is 10.2. The van der Waals surface area contributed by atoms with Gasteiger partial charge in [-0.1, -0.05) is 24.3 Å². The van der Waals surface area contributed by atoms with Gasteiger partial charge in [-0.05, 0) is 50.2 Å². The summed E-state index contributed by atoms with van der Waals surface area (Å²) in [5.74, 6) is -0.809. The number of aromatic nitrogens is 1. The molecule has 0 fully saturated rings. The number of sulfonamides is 1. The third kappa shape index (κ3) is 5.84. The molecule has 3 aromatic rings. The van der Waals surface area contributed by atoms with Gasteiger partial charge in [0.05, 0.1) is 23.7 Å². The first kappa shape index (κ1) is 25.0. The summed E-state index contributed by atoms with van der Waals surface area (Å²) in [6.45, 7) is 3.08. The molecule has 0 bridgehead atoms. The van der Waals surface area contributed by atoms with Gasteiger partial charge in [0.15, 0.2) is 0 Å². The Hall–Kier alpha value is -3.60. The van der Waals surface area contributed by atoms with Crippen LogP contribution in [0.1, 0.15) is 22.5 Å². The summed E-state index contributed by atoms with van der Waals surface area (Å²) in [6.07, 6.45) is -2.42. The molecule has 2 aromatic carbocycles. The van der Waals surface area contributed by atoms with Crippen LogP contribution in [0.15, 0.2) is 65.8 Å². The molecule has 0 aliphatic heterocycles. The average Bonchev–Trinajstić information content (AvgIpc) is 3.04. The van der Waals surface area contributed by atoms with Gasteiger partial charge >= 0.3 is 6.18 Å². The van der Waals surface area contributed by atoms with E-state index in [4.69, 9.17) is 0 Å². The van der Waals surface area contributed by atoms with Gasteiger partial charge in [-0.25, -0.2) is 13.8 Å². The lowest BCUT2D eigenvalue weighted by molar-refractivity contribution is -0.137. The highest BCUT2D eigenvalue weighted by atomic mass is 32.2. The summed E-state index contributed by atoms with van der Waals surface area (Å²) >= 11 is 0. The molecule has 0 aliphatic rings. The minimum Gasteiger partial charge on any atom is -0.318 e. The molecular formula is C23H23F3N4O3S. The van der Waals surface area contributed by atoms with E-state index in [0.29, 0.717) is 10.4 Å². The van der Waals surface area contributed by atoms with Crippen molar-refractivity contribution in [3.8, 4) is 5.69 Å². The van der Waals surface area contributed by atoms with Gasteiger partial charge in [0.25, 0.3) is 5.91 Å². The maximum Gasteiger partial charge on any atom is 0.416 e. The molecule has 0 atom stereocenters. The normalized spacial score (nSPS) is 12.2. The highest BCUT2D eigenvalue weighted by molar-refractivity contribution is 7.92. The van der Waals surface area contributed by atoms with Gasteiger partial charge in [0, 0.05) is 22.6 Å². The second kappa shape index (κ2) is 9.72. The van der Waals surface area contributed by atoms with E-state index in [-0.39, 0.29) is 5.69 Å². The second-order valence-corrected chi connectivity index (χ2v) is 9.52. The van der Waals surface area contributed by atoms with Crippen molar-refractivity contribution in [3.63, 3.8) is 0 Å². The first-order valence-electron chi connectivity index (χ1n) is 10.1. The molecule has 11 heteroatoms. The standard InChI is InChI=1S/C23H23F3N4O3S/c1-16-12-18(17(2)30(16)20-9-5-4-6-10-20)14-27-28-22(31)15-29(34(3,32)33)21-11-7-8-19(13-21)23(24,25)26/h4-14H,15H2,1-3H3,(H,28,31)/b27-14-. The monoisotopic (exact) mass is 492 g/mol. The number of amides is 1.